The van der Waals surface area contributed by atoms with E-state index in [1.54, 1.807) is 0 Å². The maximum absolute atomic E-state index is 12.0. The van der Waals surface area contributed by atoms with Gasteiger partial charge in [-0.1, -0.05) is 67.1 Å². The molecule has 0 aromatic heterocycles. The van der Waals surface area contributed by atoms with E-state index in [4.69, 9.17) is 0 Å². The summed E-state index contributed by atoms with van der Waals surface area (Å²) in [5.41, 5.74) is 5.61. The van der Waals surface area contributed by atoms with E-state index in [9.17, 15) is 9.59 Å². The molecular formula is C24H26N2O2S. The molecule has 2 aromatic carbocycles. The first-order chi connectivity index (χ1) is 14.1. The van der Waals surface area contributed by atoms with E-state index in [-0.39, 0.29) is 16.4 Å². The van der Waals surface area contributed by atoms with Crippen molar-refractivity contribution in [2.75, 3.05) is 11.4 Å². The predicted molar refractivity (Wildman–Crippen MR) is 117 cm³/mol. The third-order valence-electron chi connectivity index (χ3n) is 6.64. The first-order valence-electron chi connectivity index (χ1n) is 10.5. The lowest BCUT2D eigenvalue weighted by molar-refractivity contribution is -0.118. The standard InChI is InChI=1S/C24H26N2O2S/c27-22-21(29-23(28)25-22)13-18-8-9-20-19(12-18)14-24(10-4-5-11-24)16-26(20)15-17-6-2-1-3-7-17/h1-3,6-9,12,21H,4-5,10-11,13-16H2,(H,25,27,28). The Kier molecular flexibility index (Phi) is 4.86. The molecule has 3 aliphatic rings. The first-order valence-corrected chi connectivity index (χ1v) is 11.4. The number of nitrogens with zero attached hydrogens (tertiary/aromatic N) is 1. The van der Waals surface area contributed by atoms with E-state index in [1.807, 2.05) is 0 Å². The van der Waals surface area contributed by atoms with Crippen molar-refractivity contribution in [2.45, 2.75) is 50.3 Å². The summed E-state index contributed by atoms with van der Waals surface area (Å²) in [6.45, 7) is 2.06. The molecular weight excluding hydrogens is 380 g/mol. The molecule has 2 amide bonds. The van der Waals surface area contributed by atoms with Gasteiger partial charge in [-0.3, -0.25) is 14.9 Å². The van der Waals surface area contributed by atoms with E-state index in [2.05, 4.69) is 58.7 Å². The Morgan fingerprint density at radius 1 is 1.03 bits per heavy atom. The number of imide groups is 1. The van der Waals surface area contributed by atoms with Gasteiger partial charge in [0.05, 0.1) is 5.25 Å². The fourth-order valence-corrected chi connectivity index (χ4v) is 6.17. The number of anilines is 1. The van der Waals surface area contributed by atoms with Crippen LogP contribution >= 0.6 is 11.8 Å². The molecule has 1 unspecified atom stereocenters. The lowest BCUT2D eigenvalue weighted by atomic mass is 9.75. The van der Waals surface area contributed by atoms with Crippen molar-refractivity contribution in [3.8, 4) is 0 Å². The molecule has 2 aliphatic heterocycles. The lowest BCUT2D eigenvalue weighted by Crippen LogP contribution is -2.42. The molecule has 150 valence electrons. The molecule has 2 aromatic rings. The Morgan fingerprint density at radius 2 is 1.83 bits per heavy atom. The summed E-state index contributed by atoms with van der Waals surface area (Å²) in [7, 11) is 0. The SMILES string of the molecule is O=C1NC(=O)C(Cc2ccc3c(c2)CC2(CCCC2)CN3Cc2ccccc2)S1. The molecule has 2 fully saturated rings. The van der Waals surface area contributed by atoms with E-state index >= 15 is 0 Å². The topological polar surface area (TPSA) is 49.4 Å². The van der Waals surface area contributed by atoms with Crippen molar-refractivity contribution in [1.82, 2.24) is 5.32 Å². The monoisotopic (exact) mass is 406 g/mol. The highest BCUT2D eigenvalue weighted by Gasteiger charge is 2.40. The molecule has 0 radical (unpaired) electrons. The average Bonchev–Trinajstić information content (AvgIpc) is 3.28. The molecule has 1 saturated heterocycles. The molecule has 5 heteroatoms. The Morgan fingerprint density at radius 3 is 2.55 bits per heavy atom. The summed E-state index contributed by atoms with van der Waals surface area (Å²) >= 11 is 1.12. The fraction of sp³-hybridized carbons (Fsp3) is 0.417. The zero-order valence-corrected chi connectivity index (χ0v) is 17.3. The number of carbonyl (C=O) groups is 2. The van der Waals surface area contributed by atoms with Gasteiger partial charge in [0.15, 0.2) is 0 Å². The van der Waals surface area contributed by atoms with Crippen LogP contribution in [0.5, 0.6) is 0 Å². The van der Waals surface area contributed by atoms with Crippen LogP contribution in [0, 0.1) is 5.41 Å². The second-order valence-corrected chi connectivity index (χ2v) is 9.95. The lowest BCUT2D eigenvalue weighted by Gasteiger charge is -2.43. The van der Waals surface area contributed by atoms with Gasteiger partial charge >= 0.3 is 0 Å². The molecule has 5 rings (SSSR count). The number of rotatable bonds is 4. The molecule has 1 atom stereocenters. The van der Waals surface area contributed by atoms with Gasteiger partial charge in [-0.2, -0.15) is 0 Å². The van der Waals surface area contributed by atoms with Gasteiger partial charge in [0.25, 0.3) is 5.24 Å². The summed E-state index contributed by atoms with van der Waals surface area (Å²) in [4.78, 5) is 26.0. The van der Waals surface area contributed by atoms with E-state index < -0.39 is 0 Å². The van der Waals surface area contributed by atoms with Crippen LogP contribution < -0.4 is 10.2 Å². The van der Waals surface area contributed by atoms with Gasteiger partial charge in [-0.25, -0.2) is 0 Å². The minimum atomic E-state index is -0.301. The van der Waals surface area contributed by atoms with Crippen LogP contribution in [0.3, 0.4) is 0 Å². The van der Waals surface area contributed by atoms with E-state index in [1.165, 1.54) is 42.5 Å². The molecule has 4 nitrogen and oxygen atoms in total. The van der Waals surface area contributed by atoms with Crippen molar-refractivity contribution < 1.29 is 9.59 Å². The number of amides is 2. The van der Waals surface area contributed by atoms with Crippen molar-refractivity contribution in [2.24, 2.45) is 5.41 Å². The molecule has 2 heterocycles. The van der Waals surface area contributed by atoms with Crippen molar-refractivity contribution in [3.63, 3.8) is 0 Å². The molecule has 0 bridgehead atoms. The fourth-order valence-electron chi connectivity index (χ4n) is 5.31. The largest absolute Gasteiger partial charge is 0.366 e. The Labute approximate surface area is 176 Å². The van der Waals surface area contributed by atoms with Gasteiger partial charge in [-0.05, 0) is 53.9 Å². The smallest absolute Gasteiger partial charge is 0.286 e. The third-order valence-corrected chi connectivity index (χ3v) is 7.63. The molecule has 1 saturated carbocycles. The summed E-state index contributed by atoms with van der Waals surface area (Å²) in [6, 6.07) is 17.4. The Hall–Kier alpha value is -2.27. The highest BCUT2D eigenvalue weighted by molar-refractivity contribution is 8.15. The maximum atomic E-state index is 12.0. The molecule has 1 aliphatic carbocycles. The summed E-state index contributed by atoms with van der Waals surface area (Å²) in [6.07, 6.45) is 7.00. The number of carbonyl (C=O) groups excluding carboxylic acids is 2. The van der Waals surface area contributed by atoms with Crippen molar-refractivity contribution in [1.29, 1.82) is 0 Å². The molecule has 29 heavy (non-hydrogen) atoms. The highest BCUT2D eigenvalue weighted by atomic mass is 32.2. The summed E-state index contributed by atoms with van der Waals surface area (Å²) in [5, 5.41) is 1.87. The van der Waals surface area contributed by atoms with Crippen LogP contribution in [-0.4, -0.2) is 22.9 Å². The minimum absolute atomic E-state index is 0.157. The second-order valence-electron chi connectivity index (χ2n) is 8.78. The van der Waals surface area contributed by atoms with Gasteiger partial charge in [-0.15, -0.1) is 0 Å². The van der Waals surface area contributed by atoms with Gasteiger partial charge in [0.1, 0.15) is 0 Å². The van der Waals surface area contributed by atoms with Crippen LogP contribution in [0.1, 0.15) is 42.4 Å². The number of hydrogen-bond acceptors (Lipinski definition) is 4. The van der Waals surface area contributed by atoms with E-state index in [0.717, 1.165) is 36.8 Å². The zero-order chi connectivity index (χ0) is 19.8. The first kappa shape index (κ1) is 18.7. The van der Waals surface area contributed by atoms with Crippen LogP contribution in [0.25, 0.3) is 0 Å². The minimum Gasteiger partial charge on any atom is -0.366 e. The zero-order valence-electron chi connectivity index (χ0n) is 16.5. The predicted octanol–water partition coefficient (Wildman–Crippen LogP) is 4.70. The number of thioether (sulfide) groups is 1. The van der Waals surface area contributed by atoms with E-state index in [0.29, 0.717) is 11.8 Å². The quantitative estimate of drug-likeness (QED) is 0.799. The second kappa shape index (κ2) is 7.52. The normalized spacial score (nSPS) is 22.8. The number of benzene rings is 2. The van der Waals surface area contributed by atoms with Crippen LogP contribution in [-0.2, 0) is 24.2 Å². The molecule has 1 N–H and O–H groups in total. The summed E-state index contributed by atoms with van der Waals surface area (Å²) in [5.74, 6) is -0.157. The maximum Gasteiger partial charge on any atom is 0.286 e. The average molecular weight is 407 g/mol. The Balaban J connectivity index is 1.44. The highest BCUT2D eigenvalue weighted by Crippen LogP contribution is 2.47. The van der Waals surface area contributed by atoms with Crippen LogP contribution in [0.2, 0.25) is 0 Å². The van der Waals surface area contributed by atoms with Crippen molar-refractivity contribution >= 4 is 28.6 Å². The summed E-state index contributed by atoms with van der Waals surface area (Å²) < 4.78 is 0. The van der Waals surface area contributed by atoms with Crippen molar-refractivity contribution in [3.05, 3.63) is 65.2 Å². The van der Waals surface area contributed by atoms with Crippen LogP contribution in [0.15, 0.2) is 48.5 Å². The van der Waals surface area contributed by atoms with Gasteiger partial charge in [0.2, 0.25) is 5.91 Å². The number of hydrogen-bond donors (Lipinski definition) is 1. The van der Waals surface area contributed by atoms with Gasteiger partial charge < -0.3 is 4.90 Å². The van der Waals surface area contributed by atoms with Crippen LogP contribution in [0.4, 0.5) is 10.5 Å². The number of fused-ring (bicyclic) bond motifs is 1. The van der Waals surface area contributed by atoms with Gasteiger partial charge in [0, 0.05) is 18.8 Å². The number of nitrogens with one attached hydrogen (secondary N) is 1. The molecule has 1 spiro atoms. The third kappa shape index (κ3) is 3.80. The Bertz CT molecular complexity index is 937.